The van der Waals surface area contributed by atoms with E-state index in [4.69, 9.17) is 11.6 Å². The van der Waals surface area contributed by atoms with Gasteiger partial charge in [0.2, 0.25) is 0 Å². The molecule has 0 fully saturated rings. The Labute approximate surface area is 128 Å². The summed E-state index contributed by atoms with van der Waals surface area (Å²) in [5, 5.41) is 3.98. The second-order valence-electron chi connectivity index (χ2n) is 5.01. The van der Waals surface area contributed by atoms with Gasteiger partial charge < -0.3 is 5.32 Å². The number of benzene rings is 2. The molecule has 0 aromatic heterocycles. The van der Waals surface area contributed by atoms with Crippen LogP contribution in [0.4, 0.5) is 8.78 Å². The highest BCUT2D eigenvalue weighted by Crippen LogP contribution is 2.21. The molecule has 0 radical (unpaired) electrons. The van der Waals surface area contributed by atoms with Crippen molar-refractivity contribution in [3.8, 4) is 0 Å². The van der Waals surface area contributed by atoms with Crippen molar-refractivity contribution in [3.63, 3.8) is 0 Å². The Morgan fingerprint density at radius 3 is 2.48 bits per heavy atom. The van der Waals surface area contributed by atoms with Crippen molar-refractivity contribution < 1.29 is 8.78 Å². The van der Waals surface area contributed by atoms with E-state index in [2.05, 4.69) is 12.2 Å². The molecule has 21 heavy (non-hydrogen) atoms. The van der Waals surface area contributed by atoms with E-state index < -0.39 is 11.6 Å². The maximum Gasteiger partial charge on any atom is 0.127 e. The molecule has 0 saturated carbocycles. The smallest absolute Gasteiger partial charge is 0.127 e. The minimum Gasteiger partial charge on any atom is -0.306 e. The minimum absolute atomic E-state index is 0.0925. The van der Waals surface area contributed by atoms with E-state index in [-0.39, 0.29) is 12.6 Å². The van der Waals surface area contributed by atoms with Crippen molar-refractivity contribution in [1.29, 1.82) is 0 Å². The first-order valence-corrected chi connectivity index (χ1v) is 7.40. The zero-order chi connectivity index (χ0) is 15.2. The molecule has 0 heterocycles. The predicted molar refractivity (Wildman–Crippen MR) is 82.3 cm³/mol. The molecule has 1 N–H and O–H groups in total. The Balaban J connectivity index is 2.09. The first-order valence-electron chi connectivity index (χ1n) is 7.03. The highest BCUT2D eigenvalue weighted by Gasteiger charge is 2.12. The summed E-state index contributed by atoms with van der Waals surface area (Å²) in [7, 11) is 0. The second-order valence-corrected chi connectivity index (χ2v) is 5.45. The molecular formula is C17H18ClF2N. The summed E-state index contributed by atoms with van der Waals surface area (Å²) >= 11 is 5.89. The molecule has 2 aromatic carbocycles. The number of nitrogens with one attached hydrogen (secondary N) is 1. The van der Waals surface area contributed by atoms with Gasteiger partial charge in [-0.1, -0.05) is 37.1 Å². The second kappa shape index (κ2) is 7.53. The van der Waals surface area contributed by atoms with Gasteiger partial charge in [-0.3, -0.25) is 0 Å². The average Bonchev–Trinajstić information content (AvgIpc) is 2.48. The Hall–Kier alpha value is -1.45. The highest BCUT2D eigenvalue weighted by molar-refractivity contribution is 6.30. The van der Waals surface area contributed by atoms with E-state index in [1.165, 1.54) is 6.07 Å². The van der Waals surface area contributed by atoms with Crippen LogP contribution >= 0.6 is 11.6 Å². The summed E-state index contributed by atoms with van der Waals surface area (Å²) < 4.78 is 26.8. The van der Waals surface area contributed by atoms with E-state index in [9.17, 15) is 8.78 Å². The fraction of sp³-hybridized carbons (Fsp3) is 0.294. The van der Waals surface area contributed by atoms with Crippen molar-refractivity contribution >= 4 is 11.6 Å². The van der Waals surface area contributed by atoms with Gasteiger partial charge in [0.15, 0.2) is 0 Å². The van der Waals surface area contributed by atoms with Crippen LogP contribution in [-0.2, 0) is 6.54 Å². The van der Waals surface area contributed by atoms with E-state index >= 15 is 0 Å². The van der Waals surface area contributed by atoms with Crippen molar-refractivity contribution in [2.24, 2.45) is 0 Å². The minimum atomic E-state index is -0.424. The van der Waals surface area contributed by atoms with Gasteiger partial charge in [-0.15, -0.1) is 0 Å². The van der Waals surface area contributed by atoms with Crippen LogP contribution in [0.3, 0.4) is 0 Å². The molecule has 0 spiro atoms. The molecule has 1 nitrogen and oxygen atoms in total. The van der Waals surface area contributed by atoms with Crippen molar-refractivity contribution in [2.75, 3.05) is 0 Å². The van der Waals surface area contributed by atoms with Gasteiger partial charge in [-0.25, -0.2) is 8.78 Å². The van der Waals surface area contributed by atoms with Gasteiger partial charge in [0, 0.05) is 23.2 Å². The summed E-state index contributed by atoms with van der Waals surface area (Å²) in [4.78, 5) is 0. The summed E-state index contributed by atoms with van der Waals surface area (Å²) in [6, 6.07) is 11.2. The fourth-order valence-corrected chi connectivity index (χ4v) is 2.41. The summed E-state index contributed by atoms with van der Waals surface area (Å²) in [6.07, 6.45) is 1.91. The van der Waals surface area contributed by atoms with Gasteiger partial charge in [-0.05, 0) is 42.3 Å². The number of rotatable bonds is 6. The maximum absolute atomic E-state index is 13.6. The Morgan fingerprint density at radius 2 is 1.81 bits per heavy atom. The molecule has 2 rings (SSSR count). The monoisotopic (exact) mass is 309 g/mol. The SMILES string of the molecule is CCCC(NCc1cc(F)ccc1F)c1ccc(Cl)cc1. The van der Waals surface area contributed by atoms with Crippen molar-refractivity contribution in [2.45, 2.75) is 32.4 Å². The first kappa shape index (κ1) is 15.9. The lowest BCUT2D eigenvalue weighted by Crippen LogP contribution is -2.21. The molecule has 0 aliphatic rings. The van der Waals surface area contributed by atoms with Crippen molar-refractivity contribution in [3.05, 3.63) is 70.2 Å². The molecule has 0 saturated heterocycles. The normalized spacial score (nSPS) is 12.4. The van der Waals surface area contributed by atoms with Crippen LogP contribution in [0.25, 0.3) is 0 Å². The lowest BCUT2D eigenvalue weighted by atomic mass is 10.0. The highest BCUT2D eigenvalue weighted by atomic mass is 35.5. The van der Waals surface area contributed by atoms with Crippen LogP contribution in [0.5, 0.6) is 0 Å². The van der Waals surface area contributed by atoms with E-state index in [0.717, 1.165) is 30.5 Å². The summed E-state index contributed by atoms with van der Waals surface area (Å²) in [5.74, 6) is -0.818. The zero-order valence-electron chi connectivity index (χ0n) is 11.9. The Bertz CT molecular complexity index is 584. The maximum atomic E-state index is 13.6. The van der Waals surface area contributed by atoms with Gasteiger partial charge in [-0.2, -0.15) is 0 Å². The first-order chi connectivity index (χ1) is 10.1. The molecule has 0 aliphatic heterocycles. The third-order valence-electron chi connectivity index (χ3n) is 3.40. The molecular weight excluding hydrogens is 292 g/mol. The topological polar surface area (TPSA) is 12.0 Å². The molecule has 4 heteroatoms. The molecule has 0 aliphatic carbocycles. The third-order valence-corrected chi connectivity index (χ3v) is 3.65. The molecule has 112 valence electrons. The lowest BCUT2D eigenvalue weighted by Gasteiger charge is -2.19. The standard InChI is InChI=1S/C17H18ClF2N/c1-2-3-17(12-4-6-14(18)7-5-12)21-11-13-10-15(19)8-9-16(13)20/h4-10,17,21H,2-3,11H2,1H3. The van der Waals surface area contributed by atoms with Crippen LogP contribution < -0.4 is 5.32 Å². The fourth-order valence-electron chi connectivity index (χ4n) is 2.28. The molecule has 1 atom stereocenters. The van der Waals surface area contributed by atoms with E-state index in [1.807, 2.05) is 24.3 Å². The van der Waals surface area contributed by atoms with Crippen LogP contribution in [0.1, 0.15) is 36.9 Å². The lowest BCUT2D eigenvalue weighted by molar-refractivity contribution is 0.481. The predicted octanol–water partition coefficient (Wildman–Crippen LogP) is 5.25. The Morgan fingerprint density at radius 1 is 1.10 bits per heavy atom. The van der Waals surface area contributed by atoms with E-state index in [1.54, 1.807) is 0 Å². The van der Waals surface area contributed by atoms with Gasteiger partial charge in [0.25, 0.3) is 0 Å². The number of hydrogen-bond acceptors (Lipinski definition) is 1. The summed E-state index contributed by atoms with van der Waals surface area (Å²) in [5.41, 5.74) is 1.43. The Kier molecular flexibility index (Phi) is 5.71. The van der Waals surface area contributed by atoms with Gasteiger partial charge >= 0.3 is 0 Å². The quantitative estimate of drug-likeness (QED) is 0.768. The van der Waals surface area contributed by atoms with Crippen LogP contribution in [0.15, 0.2) is 42.5 Å². The van der Waals surface area contributed by atoms with E-state index in [0.29, 0.717) is 10.6 Å². The molecule has 1 unspecified atom stereocenters. The number of halogens is 3. The number of hydrogen-bond donors (Lipinski definition) is 1. The summed E-state index contributed by atoms with van der Waals surface area (Å²) in [6.45, 7) is 2.38. The largest absolute Gasteiger partial charge is 0.306 e. The van der Waals surface area contributed by atoms with Crippen LogP contribution in [0.2, 0.25) is 5.02 Å². The van der Waals surface area contributed by atoms with Crippen LogP contribution in [0, 0.1) is 11.6 Å². The third kappa shape index (κ3) is 4.51. The zero-order valence-corrected chi connectivity index (χ0v) is 12.6. The molecule has 0 amide bonds. The van der Waals surface area contributed by atoms with Crippen LogP contribution in [-0.4, -0.2) is 0 Å². The average molecular weight is 310 g/mol. The van der Waals surface area contributed by atoms with Gasteiger partial charge in [0.05, 0.1) is 0 Å². The molecule has 0 bridgehead atoms. The molecule has 2 aromatic rings. The van der Waals surface area contributed by atoms with Crippen molar-refractivity contribution in [1.82, 2.24) is 5.32 Å². The van der Waals surface area contributed by atoms with Gasteiger partial charge in [0.1, 0.15) is 11.6 Å².